The van der Waals surface area contributed by atoms with Gasteiger partial charge in [0, 0.05) is 0 Å². The van der Waals surface area contributed by atoms with Crippen molar-refractivity contribution in [3.8, 4) is 0 Å². The predicted octanol–water partition coefficient (Wildman–Crippen LogP) is 0.502. The summed E-state index contributed by atoms with van der Waals surface area (Å²) >= 11 is 0. The molecule has 6 nitrogen and oxygen atoms in total. The number of allylic oxidation sites excluding steroid dienone is 1. The van der Waals surface area contributed by atoms with Gasteiger partial charge in [-0.15, -0.1) is 0 Å². The standard InChI is InChI=1S/C13H12O6/c1-6-3-2-4-7-10(15)19-12(17)13(6,7)8-5-9(14)18-11(8)16/h3,7-8H,2,4-5H2,1H3. The number of cyclic esters (lactones) is 4. The highest BCUT2D eigenvalue weighted by Gasteiger charge is 2.67. The molecule has 0 aromatic carbocycles. The summed E-state index contributed by atoms with van der Waals surface area (Å²) in [6.45, 7) is 1.70. The Morgan fingerprint density at radius 3 is 2.42 bits per heavy atom. The van der Waals surface area contributed by atoms with E-state index in [-0.39, 0.29) is 6.42 Å². The van der Waals surface area contributed by atoms with Crippen molar-refractivity contribution in [1.82, 2.24) is 0 Å². The van der Waals surface area contributed by atoms with Crippen LogP contribution in [0.5, 0.6) is 0 Å². The van der Waals surface area contributed by atoms with Crippen molar-refractivity contribution in [2.75, 3.05) is 0 Å². The van der Waals surface area contributed by atoms with E-state index in [1.165, 1.54) is 0 Å². The van der Waals surface area contributed by atoms with Crippen molar-refractivity contribution >= 4 is 23.9 Å². The van der Waals surface area contributed by atoms with E-state index in [1.54, 1.807) is 6.92 Å². The van der Waals surface area contributed by atoms with E-state index in [9.17, 15) is 19.2 Å². The van der Waals surface area contributed by atoms with Gasteiger partial charge in [-0.1, -0.05) is 11.6 Å². The van der Waals surface area contributed by atoms with Gasteiger partial charge in [0.05, 0.1) is 18.3 Å². The van der Waals surface area contributed by atoms with Gasteiger partial charge in [-0.05, 0) is 19.8 Å². The van der Waals surface area contributed by atoms with Crippen LogP contribution in [-0.2, 0) is 28.7 Å². The molecule has 19 heavy (non-hydrogen) atoms. The number of carbonyl (C=O) groups excluding carboxylic acids is 4. The van der Waals surface area contributed by atoms with E-state index < -0.39 is 41.1 Å². The van der Waals surface area contributed by atoms with E-state index in [2.05, 4.69) is 4.74 Å². The molecule has 2 fully saturated rings. The molecule has 3 rings (SSSR count). The zero-order valence-corrected chi connectivity index (χ0v) is 10.3. The Kier molecular flexibility index (Phi) is 2.39. The molecule has 0 spiro atoms. The second-order valence-corrected chi connectivity index (χ2v) is 5.14. The Morgan fingerprint density at radius 2 is 1.79 bits per heavy atom. The third-order valence-corrected chi connectivity index (χ3v) is 4.34. The monoisotopic (exact) mass is 264 g/mol. The summed E-state index contributed by atoms with van der Waals surface area (Å²) in [4.78, 5) is 47.1. The molecule has 0 N–H and O–H groups in total. The zero-order valence-electron chi connectivity index (χ0n) is 10.3. The van der Waals surface area contributed by atoms with Crippen molar-refractivity contribution < 1.29 is 28.7 Å². The molecule has 100 valence electrons. The molecule has 0 amide bonds. The topological polar surface area (TPSA) is 86.7 Å². The maximum atomic E-state index is 12.2. The molecule has 3 aliphatic rings. The molecule has 2 aliphatic heterocycles. The van der Waals surface area contributed by atoms with Gasteiger partial charge in [0.1, 0.15) is 5.41 Å². The number of hydrogen-bond donors (Lipinski definition) is 0. The van der Waals surface area contributed by atoms with Crippen LogP contribution in [0, 0.1) is 17.3 Å². The summed E-state index contributed by atoms with van der Waals surface area (Å²) in [6.07, 6.45) is 2.74. The van der Waals surface area contributed by atoms with Crippen LogP contribution in [0.2, 0.25) is 0 Å². The summed E-state index contributed by atoms with van der Waals surface area (Å²) in [5.41, 5.74) is -0.713. The van der Waals surface area contributed by atoms with Gasteiger partial charge in [-0.25, -0.2) is 0 Å². The lowest BCUT2D eigenvalue weighted by atomic mass is 9.59. The second kappa shape index (κ2) is 3.76. The SMILES string of the molecule is CC1=CCCC2C(=O)OC(=O)C12C1CC(=O)OC1=O. The highest BCUT2D eigenvalue weighted by Crippen LogP contribution is 2.55. The van der Waals surface area contributed by atoms with Crippen molar-refractivity contribution in [3.05, 3.63) is 11.6 Å². The average Bonchev–Trinajstić information content (AvgIpc) is 2.79. The number of esters is 4. The van der Waals surface area contributed by atoms with Crippen LogP contribution >= 0.6 is 0 Å². The first-order valence-electron chi connectivity index (χ1n) is 6.15. The summed E-state index contributed by atoms with van der Waals surface area (Å²) in [5.74, 6) is -4.36. The molecular weight excluding hydrogens is 252 g/mol. The lowest BCUT2D eigenvalue weighted by molar-refractivity contribution is -0.160. The van der Waals surface area contributed by atoms with Gasteiger partial charge >= 0.3 is 23.9 Å². The number of rotatable bonds is 1. The lowest BCUT2D eigenvalue weighted by Gasteiger charge is -2.36. The van der Waals surface area contributed by atoms with Crippen LogP contribution < -0.4 is 0 Å². The molecule has 2 heterocycles. The van der Waals surface area contributed by atoms with Crippen molar-refractivity contribution in [2.45, 2.75) is 26.2 Å². The van der Waals surface area contributed by atoms with Gasteiger partial charge in [0.2, 0.25) is 0 Å². The minimum absolute atomic E-state index is 0.178. The molecule has 6 heteroatoms. The summed E-state index contributed by atoms with van der Waals surface area (Å²) in [7, 11) is 0. The van der Waals surface area contributed by atoms with Crippen LogP contribution in [-0.4, -0.2) is 23.9 Å². The van der Waals surface area contributed by atoms with Crippen LogP contribution in [0.4, 0.5) is 0 Å². The van der Waals surface area contributed by atoms with Gasteiger partial charge in [0.25, 0.3) is 0 Å². The van der Waals surface area contributed by atoms with Crippen molar-refractivity contribution in [1.29, 1.82) is 0 Å². The molecule has 3 unspecified atom stereocenters. The van der Waals surface area contributed by atoms with E-state index in [4.69, 9.17) is 4.74 Å². The Labute approximate surface area is 108 Å². The Balaban J connectivity index is 2.16. The molecule has 2 saturated heterocycles. The smallest absolute Gasteiger partial charge is 0.325 e. The lowest BCUT2D eigenvalue weighted by Crippen LogP contribution is -2.45. The third-order valence-electron chi connectivity index (χ3n) is 4.34. The molecular formula is C13H12O6. The predicted molar refractivity (Wildman–Crippen MR) is 59.2 cm³/mol. The van der Waals surface area contributed by atoms with E-state index in [0.717, 1.165) is 0 Å². The maximum absolute atomic E-state index is 12.2. The molecule has 1 aliphatic carbocycles. The van der Waals surface area contributed by atoms with Gasteiger partial charge < -0.3 is 9.47 Å². The van der Waals surface area contributed by atoms with Crippen LogP contribution in [0.3, 0.4) is 0 Å². The minimum Gasteiger partial charge on any atom is -0.393 e. The fraction of sp³-hybridized carbons (Fsp3) is 0.538. The van der Waals surface area contributed by atoms with Gasteiger partial charge in [0.15, 0.2) is 0 Å². The minimum atomic E-state index is -1.33. The summed E-state index contributed by atoms with van der Waals surface area (Å²) < 4.78 is 9.28. The molecule has 0 bridgehead atoms. The highest BCUT2D eigenvalue weighted by molar-refractivity contribution is 6.07. The number of fused-ring (bicyclic) bond motifs is 1. The first-order valence-corrected chi connectivity index (χ1v) is 6.15. The molecule has 0 aromatic rings. The normalized spacial score (nSPS) is 37.8. The Hall–Kier alpha value is -1.98. The number of ether oxygens (including phenoxy) is 2. The van der Waals surface area contributed by atoms with Gasteiger partial charge in [-0.2, -0.15) is 0 Å². The highest BCUT2D eigenvalue weighted by atomic mass is 16.6. The first kappa shape index (κ1) is 12.1. The number of hydrogen-bond acceptors (Lipinski definition) is 6. The van der Waals surface area contributed by atoms with Crippen LogP contribution in [0.25, 0.3) is 0 Å². The average molecular weight is 264 g/mol. The second-order valence-electron chi connectivity index (χ2n) is 5.14. The Bertz CT molecular complexity index is 545. The van der Waals surface area contributed by atoms with E-state index >= 15 is 0 Å². The summed E-state index contributed by atoms with van der Waals surface area (Å²) in [5, 5.41) is 0. The molecule has 0 radical (unpaired) electrons. The Morgan fingerprint density at radius 1 is 1.11 bits per heavy atom. The summed E-state index contributed by atoms with van der Waals surface area (Å²) in [6, 6.07) is 0. The quantitative estimate of drug-likeness (QED) is 0.389. The fourth-order valence-corrected chi connectivity index (χ4v) is 3.47. The van der Waals surface area contributed by atoms with E-state index in [1.807, 2.05) is 6.08 Å². The molecule has 0 aromatic heterocycles. The molecule has 3 atom stereocenters. The first-order chi connectivity index (χ1) is 8.97. The van der Waals surface area contributed by atoms with E-state index in [0.29, 0.717) is 18.4 Å². The largest absolute Gasteiger partial charge is 0.393 e. The molecule has 0 saturated carbocycles. The number of carbonyl (C=O) groups is 4. The third kappa shape index (κ3) is 1.37. The van der Waals surface area contributed by atoms with Crippen LogP contribution in [0.15, 0.2) is 11.6 Å². The zero-order chi connectivity index (χ0) is 13.8. The van der Waals surface area contributed by atoms with Crippen molar-refractivity contribution in [3.63, 3.8) is 0 Å². The maximum Gasteiger partial charge on any atom is 0.325 e. The van der Waals surface area contributed by atoms with Gasteiger partial charge in [-0.3, -0.25) is 19.2 Å². The fourth-order valence-electron chi connectivity index (χ4n) is 3.47. The van der Waals surface area contributed by atoms with Crippen molar-refractivity contribution in [2.24, 2.45) is 17.3 Å². The van der Waals surface area contributed by atoms with Crippen LogP contribution in [0.1, 0.15) is 26.2 Å².